The van der Waals surface area contributed by atoms with Crippen LogP contribution in [0.1, 0.15) is 38.5 Å². The minimum Gasteiger partial charge on any atom is -0.450 e. The molecule has 0 saturated heterocycles. The summed E-state index contributed by atoms with van der Waals surface area (Å²) < 4.78 is 0. The van der Waals surface area contributed by atoms with Crippen LogP contribution in [0.5, 0.6) is 0 Å². The van der Waals surface area contributed by atoms with E-state index in [0.29, 0.717) is 0 Å². The molecule has 0 aromatic heterocycles. The van der Waals surface area contributed by atoms with Crippen molar-refractivity contribution in [3.8, 4) is 0 Å². The lowest BCUT2D eigenvalue weighted by atomic mass is 9.36. The second-order valence-electron chi connectivity index (χ2n) is 7.41. The zero-order valence-corrected chi connectivity index (χ0v) is 10.7. The number of carbonyl (C=O) groups is 1. The van der Waals surface area contributed by atoms with Crippen LogP contribution >= 0.6 is 0 Å². The highest BCUT2D eigenvalue weighted by Gasteiger charge is 2.63. The lowest BCUT2D eigenvalue weighted by Gasteiger charge is -2.69. The Hall–Kier alpha value is -0.730. The van der Waals surface area contributed by atoms with Crippen molar-refractivity contribution in [1.29, 1.82) is 0 Å². The first-order valence-corrected chi connectivity index (χ1v) is 7.55. The summed E-state index contributed by atoms with van der Waals surface area (Å²) in [6.45, 7) is 0. The Morgan fingerprint density at radius 1 is 0.611 bits per heavy atom. The Bertz CT molecular complexity index is 286. The Morgan fingerprint density at radius 2 is 0.778 bits per heavy atom. The minimum absolute atomic E-state index is 1.19. The second-order valence-corrected chi connectivity index (χ2v) is 7.41. The maximum absolute atomic E-state index is 8.56. The van der Waals surface area contributed by atoms with E-state index in [0.717, 1.165) is 0 Å². The van der Waals surface area contributed by atoms with Crippen LogP contribution in [0.2, 0.25) is 0 Å². The number of hydrogen-bond acceptors (Lipinski definition) is 1. The Labute approximate surface area is 108 Å². The zero-order valence-electron chi connectivity index (χ0n) is 10.7. The van der Waals surface area contributed by atoms with E-state index in [9.17, 15) is 0 Å². The van der Waals surface area contributed by atoms with Crippen molar-refractivity contribution in [2.75, 3.05) is 0 Å². The first kappa shape index (κ1) is 11.1. The van der Waals surface area contributed by atoms with E-state index in [4.69, 9.17) is 15.0 Å². The highest BCUT2D eigenvalue weighted by Crippen LogP contribution is 2.71. The van der Waals surface area contributed by atoms with Crippen molar-refractivity contribution in [3.05, 3.63) is 0 Å². The van der Waals surface area contributed by atoms with Crippen LogP contribution in [-0.2, 0) is 0 Å². The van der Waals surface area contributed by atoms with Crippen LogP contribution in [0.3, 0.4) is 0 Å². The fourth-order valence-corrected chi connectivity index (χ4v) is 6.89. The monoisotopic (exact) mass is 250 g/mol. The van der Waals surface area contributed by atoms with Gasteiger partial charge in [0.2, 0.25) is 0 Å². The first-order chi connectivity index (χ1) is 8.63. The quantitative estimate of drug-likeness (QED) is 0.691. The molecule has 7 aliphatic rings. The van der Waals surface area contributed by atoms with Crippen molar-refractivity contribution in [2.24, 2.45) is 47.3 Å². The SMILES string of the molecule is C1C2CC3C4CC5CC(C14)C(C2)C3C5.O=C(O)O. The Kier molecular flexibility index (Phi) is 2.25. The van der Waals surface area contributed by atoms with Gasteiger partial charge in [-0.3, -0.25) is 0 Å². The predicted octanol–water partition coefficient (Wildman–Crippen LogP) is 3.55. The third kappa shape index (κ3) is 1.39. The van der Waals surface area contributed by atoms with E-state index < -0.39 is 6.16 Å². The van der Waals surface area contributed by atoms with Gasteiger partial charge in [-0.15, -0.1) is 0 Å². The summed E-state index contributed by atoms with van der Waals surface area (Å²) >= 11 is 0. The van der Waals surface area contributed by atoms with Gasteiger partial charge in [-0.05, 0) is 85.9 Å². The lowest BCUT2D eigenvalue weighted by Crippen LogP contribution is -2.62. The molecule has 0 amide bonds. The van der Waals surface area contributed by atoms with Gasteiger partial charge in [-0.25, -0.2) is 4.79 Å². The van der Waals surface area contributed by atoms with Crippen molar-refractivity contribution in [3.63, 3.8) is 0 Å². The third-order valence-electron chi connectivity index (χ3n) is 6.93. The highest BCUT2D eigenvalue weighted by atomic mass is 16.6. The summed E-state index contributed by atoms with van der Waals surface area (Å²) in [7, 11) is 0. The maximum atomic E-state index is 8.56. The molecular weight excluding hydrogens is 228 g/mol. The molecule has 3 nitrogen and oxygen atoms in total. The Balaban J connectivity index is 0.000000198. The van der Waals surface area contributed by atoms with Gasteiger partial charge in [0.1, 0.15) is 0 Å². The third-order valence-corrected chi connectivity index (χ3v) is 6.93. The molecule has 0 unspecified atom stereocenters. The second kappa shape index (κ2) is 3.64. The van der Waals surface area contributed by atoms with Crippen LogP contribution in [0.4, 0.5) is 4.79 Å². The molecular formula is C15H22O3. The molecule has 100 valence electrons. The van der Waals surface area contributed by atoms with Gasteiger partial charge in [-0.1, -0.05) is 0 Å². The molecule has 0 heterocycles. The number of rotatable bonds is 0. The average molecular weight is 250 g/mol. The van der Waals surface area contributed by atoms with Gasteiger partial charge in [0, 0.05) is 0 Å². The number of carboxylic acid groups (broad SMARTS) is 2. The molecule has 2 N–H and O–H groups in total. The molecule has 7 saturated carbocycles. The predicted molar refractivity (Wildman–Crippen MR) is 66.3 cm³/mol. The van der Waals surface area contributed by atoms with E-state index in [2.05, 4.69) is 0 Å². The van der Waals surface area contributed by atoms with Gasteiger partial charge in [0.25, 0.3) is 0 Å². The first-order valence-electron chi connectivity index (χ1n) is 7.55. The summed E-state index contributed by atoms with van der Waals surface area (Å²) in [5, 5.41) is 13.9. The standard InChI is InChI=1S/C14H20.CH2O3/c1-7-2-12-10-4-8-5-11(9(1)10)13(3-7)14(12)6-8;2-1(3)4/h7-14H,1-6H2;(H2,2,3,4). The molecule has 0 spiro atoms. The van der Waals surface area contributed by atoms with Gasteiger partial charge >= 0.3 is 6.16 Å². The molecule has 7 rings (SSSR count). The molecule has 8 bridgehead atoms. The zero-order chi connectivity index (χ0) is 12.4. The van der Waals surface area contributed by atoms with Crippen molar-refractivity contribution in [1.82, 2.24) is 0 Å². The topological polar surface area (TPSA) is 57.5 Å². The molecule has 18 heavy (non-hydrogen) atoms. The van der Waals surface area contributed by atoms with Crippen molar-refractivity contribution in [2.45, 2.75) is 38.5 Å². The fraction of sp³-hybridized carbons (Fsp3) is 0.933. The van der Waals surface area contributed by atoms with Crippen LogP contribution in [0.15, 0.2) is 0 Å². The summed E-state index contributed by atoms with van der Waals surface area (Å²) in [5.41, 5.74) is 0. The molecule has 0 aromatic rings. The van der Waals surface area contributed by atoms with E-state index >= 15 is 0 Å². The van der Waals surface area contributed by atoms with E-state index in [1.165, 1.54) is 47.3 Å². The maximum Gasteiger partial charge on any atom is 0.503 e. The summed E-state index contributed by atoms with van der Waals surface area (Å²) in [4.78, 5) is 8.56. The van der Waals surface area contributed by atoms with Crippen molar-refractivity contribution >= 4 is 6.16 Å². The summed E-state index contributed by atoms with van der Waals surface area (Å²) in [6.07, 6.45) is 8.09. The minimum atomic E-state index is -1.83. The van der Waals surface area contributed by atoms with Gasteiger partial charge in [0.15, 0.2) is 0 Å². The average Bonchev–Trinajstić information content (AvgIpc) is 2.34. The van der Waals surface area contributed by atoms with Crippen LogP contribution < -0.4 is 0 Å². The largest absolute Gasteiger partial charge is 0.503 e. The summed E-state index contributed by atoms with van der Waals surface area (Å²) in [6, 6.07) is 0. The lowest BCUT2D eigenvalue weighted by molar-refractivity contribution is -0.202. The van der Waals surface area contributed by atoms with E-state index in [-0.39, 0.29) is 0 Å². The van der Waals surface area contributed by atoms with Crippen LogP contribution in [0, 0.1) is 47.3 Å². The van der Waals surface area contributed by atoms with E-state index in [1.54, 1.807) is 38.5 Å². The van der Waals surface area contributed by atoms with Crippen molar-refractivity contribution < 1.29 is 15.0 Å². The summed E-state index contributed by atoms with van der Waals surface area (Å²) in [5.74, 6) is 9.74. The Morgan fingerprint density at radius 3 is 0.944 bits per heavy atom. The smallest absolute Gasteiger partial charge is 0.450 e. The molecule has 0 aromatic carbocycles. The molecule has 0 radical (unpaired) electrons. The molecule has 0 aliphatic heterocycles. The van der Waals surface area contributed by atoms with Crippen LogP contribution in [0.25, 0.3) is 0 Å². The van der Waals surface area contributed by atoms with Gasteiger partial charge < -0.3 is 10.2 Å². The van der Waals surface area contributed by atoms with Gasteiger partial charge in [-0.2, -0.15) is 0 Å². The number of hydrogen-bond donors (Lipinski definition) is 2. The normalized spacial score (nSPS) is 57.3. The van der Waals surface area contributed by atoms with Gasteiger partial charge in [0.05, 0.1) is 0 Å². The fourth-order valence-electron chi connectivity index (χ4n) is 6.89. The highest BCUT2D eigenvalue weighted by molar-refractivity contribution is 5.53. The molecule has 7 aliphatic carbocycles. The molecule has 0 atom stereocenters. The molecule has 3 heteroatoms. The van der Waals surface area contributed by atoms with Crippen LogP contribution in [-0.4, -0.2) is 16.4 Å². The van der Waals surface area contributed by atoms with E-state index in [1.807, 2.05) is 0 Å². The molecule has 7 fully saturated rings.